The molecule has 1 saturated carbocycles. The van der Waals surface area contributed by atoms with Gasteiger partial charge >= 0.3 is 0 Å². The summed E-state index contributed by atoms with van der Waals surface area (Å²) >= 11 is 0. The first-order valence-corrected chi connectivity index (χ1v) is 15.3. The van der Waals surface area contributed by atoms with E-state index in [1.165, 1.54) is 12.1 Å². The fourth-order valence-electron chi connectivity index (χ4n) is 7.38. The maximum Gasteiger partial charge on any atom is 0.252 e. The van der Waals surface area contributed by atoms with Gasteiger partial charge in [-0.2, -0.15) is 0 Å². The number of likely N-dealkylation sites (tertiary alicyclic amines) is 2. The van der Waals surface area contributed by atoms with E-state index in [9.17, 15) is 18.4 Å². The smallest absolute Gasteiger partial charge is 0.252 e. The first-order valence-electron chi connectivity index (χ1n) is 15.3. The molecule has 2 amide bonds. The van der Waals surface area contributed by atoms with Crippen LogP contribution in [0.1, 0.15) is 91.0 Å². The molecule has 0 N–H and O–H groups in total. The van der Waals surface area contributed by atoms with Gasteiger partial charge < -0.3 is 14.5 Å². The standard InChI is InChI=1S/C32H47F2N3O3/c1-31(2,3)36-19-25(24-9-8-21(33)17-27(24)34)26(20-36)29(38)35-15-12-23(18-35)37(30(39)28-7-6-16-40-28)22-10-13-32(4,5)14-11-22/h8-9,17,22-23,25-26,28H,6-7,10-16,18-20H2,1-5H3/t23-,25-,26+,28?/m0/s1. The lowest BCUT2D eigenvalue weighted by molar-refractivity contribution is -0.148. The maximum absolute atomic E-state index is 15.0. The monoisotopic (exact) mass is 559 g/mol. The quantitative estimate of drug-likeness (QED) is 0.488. The lowest BCUT2D eigenvalue weighted by Crippen LogP contribution is -2.53. The van der Waals surface area contributed by atoms with Crippen LogP contribution in [0, 0.1) is 23.0 Å². The second-order valence-electron chi connectivity index (χ2n) is 14.3. The topological polar surface area (TPSA) is 53.1 Å². The van der Waals surface area contributed by atoms with Crippen LogP contribution in [-0.4, -0.2) is 83.0 Å². The molecule has 1 aliphatic carbocycles. The number of hydrogen-bond donors (Lipinski definition) is 0. The Kier molecular flexibility index (Phi) is 8.33. The third-order valence-corrected chi connectivity index (χ3v) is 9.98. The summed E-state index contributed by atoms with van der Waals surface area (Å²) in [7, 11) is 0. The zero-order chi connectivity index (χ0) is 28.8. The van der Waals surface area contributed by atoms with Crippen LogP contribution in [0.15, 0.2) is 18.2 Å². The Morgan fingerprint density at radius 1 is 1.00 bits per heavy atom. The first-order chi connectivity index (χ1) is 18.8. The van der Waals surface area contributed by atoms with Crippen molar-refractivity contribution >= 4 is 11.8 Å². The molecule has 0 bridgehead atoms. The van der Waals surface area contributed by atoms with Crippen molar-refractivity contribution in [1.29, 1.82) is 0 Å². The van der Waals surface area contributed by atoms with E-state index in [1.807, 2.05) is 4.90 Å². The van der Waals surface area contributed by atoms with Gasteiger partial charge in [-0.25, -0.2) is 8.78 Å². The number of ether oxygens (including phenoxy) is 1. The molecule has 0 radical (unpaired) electrons. The summed E-state index contributed by atoms with van der Waals surface area (Å²) < 4.78 is 34.5. The molecule has 40 heavy (non-hydrogen) atoms. The molecule has 1 aromatic carbocycles. The van der Waals surface area contributed by atoms with E-state index < -0.39 is 17.6 Å². The highest BCUT2D eigenvalue weighted by Gasteiger charge is 2.47. The summed E-state index contributed by atoms with van der Waals surface area (Å²) in [6, 6.07) is 3.84. The number of halogens is 2. The average Bonchev–Trinajstić information content (AvgIpc) is 3.65. The Morgan fingerprint density at radius 3 is 2.35 bits per heavy atom. The van der Waals surface area contributed by atoms with Gasteiger partial charge in [0.15, 0.2) is 0 Å². The lowest BCUT2D eigenvalue weighted by Gasteiger charge is -2.43. The number of amides is 2. The Bertz CT molecular complexity index is 1090. The second-order valence-corrected chi connectivity index (χ2v) is 14.3. The molecule has 0 aromatic heterocycles. The molecule has 3 aliphatic heterocycles. The molecule has 222 valence electrons. The molecule has 4 aliphatic rings. The minimum absolute atomic E-state index is 0.0114. The molecule has 8 heteroatoms. The minimum Gasteiger partial charge on any atom is -0.368 e. The van der Waals surface area contributed by atoms with Gasteiger partial charge in [0.1, 0.15) is 17.7 Å². The van der Waals surface area contributed by atoms with Crippen LogP contribution in [0.2, 0.25) is 0 Å². The molecule has 1 aromatic rings. The van der Waals surface area contributed by atoms with Crippen molar-refractivity contribution in [3.05, 3.63) is 35.4 Å². The van der Waals surface area contributed by atoms with Crippen molar-refractivity contribution in [2.24, 2.45) is 11.3 Å². The number of benzene rings is 1. The maximum atomic E-state index is 15.0. The third-order valence-electron chi connectivity index (χ3n) is 9.98. The van der Waals surface area contributed by atoms with Crippen molar-refractivity contribution in [3.63, 3.8) is 0 Å². The summed E-state index contributed by atoms with van der Waals surface area (Å²) in [5, 5.41) is 0. The number of carbonyl (C=O) groups excluding carboxylic acids is 2. The summed E-state index contributed by atoms with van der Waals surface area (Å²) in [5.41, 5.74) is 0.511. The SMILES string of the molecule is CC1(C)CCC(N(C(=O)C2CCCO2)[C@H]2CCN(C(=O)[C@@H]3CN(C(C)(C)C)C[C@H]3c3ccc(F)cc3F)C2)CC1. The highest BCUT2D eigenvalue weighted by molar-refractivity contribution is 5.83. The summed E-state index contributed by atoms with van der Waals surface area (Å²) in [6.07, 6.45) is 6.16. The molecule has 1 unspecified atom stereocenters. The van der Waals surface area contributed by atoms with Crippen molar-refractivity contribution in [3.8, 4) is 0 Å². The third kappa shape index (κ3) is 6.08. The van der Waals surface area contributed by atoms with E-state index in [4.69, 9.17) is 4.74 Å². The van der Waals surface area contributed by atoms with E-state index >= 15 is 0 Å². The lowest BCUT2D eigenvalue weighted by atomic mass is 9.75. The largest absolute Gasteiger partial charge is 0.368 e. The number of nitrogens with zero attached hydrogens (tertiary/aromatic N) is 3. The second kappa shape index (κ2) is 11.3. The van der Waals surface area contributed by atoms with Gasteiger partial charge in [0.2, 0.25) is 5.91 Å². The molecule has 3 heterocycles. The van der Waals surface area contributed by atoms with Gasteiger partial charge in [0, 0.05) is 56.4 Å². The predicted octanol–water partition coefficient (Wildman–Crippen LogP) is 5.36. The number of carbonyl (C=O) groups is 2. The highest BCUT2D eigenvalue weighted by atomic mass is 19.1. The van der Waals surface area contributed by atoms with Crippen molar-refractivity contribution in [1.82, 2.24) is 14.7 Å². The van der Waals surface area contributed by atoms with Crippen LogP contribution in [0.4, 0.5) is 8.78 Å². The van der Waals surface area contributed by atoms with Crippen LogP contribution in [0.25, 0.3) is 0 Å². The fraction of sp³-hybridized carbons (Fsp3) is 0.750. The minimum atomic E-state index is -0.612. The Hall–Kier alpha value is -2.06. The fourth-order valence-corrected chi connectivity index (χ4v) is 7.38. The van der Waals surface area contributed by atoms with E-state index in [2.05, 4.69) is 44.4 Å². The Morgan fingerprint density at radius 2 is 1.73 bits per heavy atom. The average molecular weight is 560 g/mol. The van der Waals surface area contributed by atoms with Crippen LogP contribution in [-0.2, 0) is 14.3 Å². The van der Waals surface area contributed by atoms with Gasteiger partial charge in [-0.1, -0.05) is 19.9 Å². The van der Waals surface area contributed by atoms with Gasteiger partial charge in [0.05, 0.1) is 12.0 Å². The molecule has 4 atom stereocenters. The van der Waals surface area contributed by atoms with E-state index in [0.717, 1.165) is 51.0 Å². The van der Waals surface area contributed by atoms with Gasteiger partial charge in [-0.3, -0.25) is 14.5 Å². The summed E-state index contributed by atoms with van der Waals surface area (Å²) in [4.78, 5) is 34.1. The van der Waals surface area contributed by atoms with E-state index in [1.54, 1.807) is 0 Å². The van der Waals surface area contributed by atoms with Crippen molar-refractivity contribution in [2.75, 3.05) is 32.8 Å². The molecule has 3 saturated heterocycles. The van der Waals surface area contributed by atoms with Crippen LogP contribution in [0.3, 0.4) is 0 Å². The van der Waals surface area contributed by atoms with E-state index in [-0.39, 0.29) is 41.5 Å². The molecular formula is C32H47F2N3O3. The Balaban J connectivity index is 1.35. The zero-order valence-corrected chi connectivity index (χ0v) is 24.9. The number of hydrogen-bond acceptors (Lipinski definition) is 4. The number of rotatable bonds is 5. The van der Waals surface area contributed by atoms with Crippen LogP contribution >= 0.6 is 0 Å². The molecular weight excluding hydrogens is 512 g/mol. The molecule has 4 fully saturated rings. The molecule has 5 rings (SSSR count). The van der Waals surface area contributed by atoms with Gasteiger partial charge in [0.25, 0.3) is 5.91 Å². The normalized spacial score (nSPS) is 29.7. The van der Waals surface area contributed by atoms with Crippen LogP contribution in [0.5, 0.6) is 0 Å². The van der Waals surface area contributed by atoms with Crippen LogP contribution < -0.4 is 0 Å². The highest BCUT2D eigenvalue weighted by Crippen LogP contribution is 2.41. The summed E-state index contributed by atoms with van der Waals surface area (Å²) in [5.74, 6) is -1.87. The van der Waals surface area contributed by atoms with E-state index in [0.29, 0.717) is 43.8 Å². The molecule has 6 nitrogen and oxygen atoms in total. The van der Waals surface area contributed by atoms with Crippen molar-refractivity contribution in [2.45, 2.75) is 109 Å². The molecule has 0 spiro atoms. The predicted molar refractivity (Wildman–Crippen MR) is 151 cm³/mol. The summed E-state index contributed by atoms with van der Waals surface area (Å²) in [6.45, 7) is 13.7. The first kappa shape index (κ1) is 29.4. The van der Waals surface area contributed by atoms with Gasteiger partial charge in [-0.15, -0.1) is 0 Å². The Labute approximate surface area is 238 Å². The van der Waals surface area contributed by atoms with Gasteiger partial charge in [-0.05, 0) is 82.8 Å². The zero-order valence-electron chi connectivity index (χ0n) is 24.9. The van der Waals surface area contributed by atoms with Crippen molar-refractivity contribution < 1.29 is 23.1 Å².